The molecule has 0 bridgehead atoms. The molecule has 0 fully saturated rings. The van der Waals surface area contributed by atoms with Gasteiger partial charge in [-0.15, -0.1) is 0 Å². The second-order valence-electron chi connectivity index (χ2n) is 8.62. The fraction of sp³-hybridized carbons (Fsp3) is 0.308. The number of benzene rings is 2. The predicted octanol–water partition coefficient (Wildman–Crippen LogP) is 3.49. The molecular formula is C26H27N5O2. The maximum atomic E-state index is 13.0. The molecule has 0 radical (unpaired) electrons. The number of aromatic amines is 1. The van der Waals surface area contributed by atoms with Crippen molar-refractivity contribution in [2.75, 3.05) is 0 Å². The number of fused-ring (bicyclic) bond motifs is 2. The summed E-state index contributed by atoms with van der Waals surface area (Å²) in [5.41, 5.74) is 4.60. The minimum absolute atomic E-state index is 0.113. The number of H-pyrrole nitrogens is 1. The van der Waals surface area contributed by atoms with Crippen LogP contribution in [0.2, 0.25) is 0 Å². The van der Waals surface area contributed by atoms with Crippen molar-refractivity contribution in [2.45, 2.75) is 51.1 Å². The molecule has 4 aromatic rings. The van der Waals surface area contributed by atoms with Gasteiger partial charge < -0.3 is 10.3 Å². The van der Waals surface area contributed by atoms with Crippen molar-refractivity contribution in [1.29, 1.82) is 0 Å². The van der Waals surface area contributed by atoms with Crippen LogP contribution in [0.4, 0.5) is 0 Å². The Labute approximate surface area is 191 Å². The standard InChI is InChI=1S/C26H27N5O2/c32-24(17-31-25(33)16-19-11-5-2-6-12-20(19)30-31)27-23(15-18-9-3-1-4-10-18)26-28-21-13-7-8-14-22(21)29-26/h1,3-4,7-10,13-14,16,23H,2,5-6,11-12,15,17H2,(H,27,32)(H,28,29)/t23-/m1/s1. The number of nitrogens with one attached hydrogen (secondary N) is 2. The minimum Gasteiger partial charge on any atom is -0.344 e. The summed E-state index contributed by atoms with van der Waals surface area (Å²) in [6, 6.07) is 19.1. The van der Waals surface area contributed by atoms with Gasteiger partial charge in [-0.1, -0.05) is 48.9 Å². The number of rotatable bonds is 6. The van der Waals surface area contributed by atoms with Crippen molar-refractivity contribution < 1.29 is 4.79 Å². The molecule has 5 rings (SSSR count). The molecule has 1 aliphatic rings. The summed E-state index contributed by atoms with van der Waals surface area (Å²) < 4.78 is 1.29. The highest BCUT2D eigenvalue weighted by atomic mass is 16.2. The van der Waals surface area contributed by atoms with Crippen LogP contribution in [-0.4, -0.2) is 25.7 Å². The Morgan fingerprint density at radius 3 is 2.67 bits per heavy atom. The van der Waals surface area contributed by atoms with Gasteiger partial charge in [0, 0.05) is 6.07 Å². The van der Waals surface area contributed by atoms with E-state index in [1.54, 1.807) is 6.07 Å². The van der Waals surface area contributed by atoms with Crippen LogP contribution in [-0.2, 0) is 30.6 Å². The molecule has 0 aliphatic heterocycles. The predicted molar refractivity (Wildman–Crippen MR) is 127 cm³/mol. The number of carbonyl (C=O) groups is 1. The van der Waals surface area contributed by atoms with E-state index in [1.807, 2.05) is 54.6 Å². The molecular weight excluding hydrogens is 414 g/mol. The molecule has 1 amide bonds. The fourth-order valence-corrected chi connectivity index (χ4v) is 4.47. The third-order valence-electron chi connectivity index (χ3n) is 6.17. The molecule has 0 spiro atoms. The Balaban J connectivity index is 1.39. The highest BCUT2D eigenvalue weighted by Crippen LogP contribution is 2.20. The van der Waals surface area contributed by atoms with Crippen LogP contribution in [0.5, 0.6) is 0 Å². The number of aromatic nitrogens is 4. The first-order chi connectivity index (χ1) is 16.2. The third kappa shape index (κ3) is 4.87. The first kappa shape index (κ1) is 21.1. The van der Waals surface area contributed by atoms with Gasteiger partial charge in [-0.05, 0) is 55.4 Å². The minimum atomic E-state index is -0.358. The number of para-hydroxylation sites is 2. The van der Waals surface area contributed by atoms with Crippen LogP contribution in [0.25, 0.3) is 11.0 Å². The monoisotopic (exact) mass is 441 g/mol. The van der Waals surface area contributed by atoms with Crippen molar-refractivity contribution in [2.24, 2.45) is 0 Å². The summed E-state index contributed by atoms with van der Waals surface area (Å²) in [6.07, 6.45) is 5.61. The van der Waals surface area contributed by atoms with Crippen LogP contribution < -0.4 is 10.9 Å². The smallest absolute Gasteiger partial charge is 0.267 e. The van der Waals surface area contributed by atoms with Crippen molar-refractivity contribution >= 4 is 16.9 Å². The molecule has 2 aromatic carbocycles. The van der Waals surface area contributed by atoms with E-state index in [-0.39, 0.29) is 24.1 Å². The molecule has 0 saturated heterocycles. The average molecular weight is 442 g/mol. The van der Waals surface area contributed by atoms with Crippen LogP contribution >= 0.6 is 0 Å². The normalized spacial score (nSPS) is 14.4. The summed E-state index contributed by atoms with van der Waals surface area (Å²) in [7, 11) is 0. The molecule has 0 saturated carbocycles. The van der Waals surface area contributed by atoms with E-state index >= 15 is 0 Å². The number of carbonyl (C=O) groups excluding carboxylic acids is 1. The van der Waals surface area contributed by atoms with Gasteiger partial charge >= 0.3 is 0 Å². The zero-order chi connectivity index (χ0) is 22.6. The number of nitrogens with zero attached hydrogens (tertiary/aromatic N) is 3. The molecule has 7 nitrogen and oxygen atoms in total. The van der Waals surface area contributed by atoms with E-state index in [0.29, 0.717) is 12.2 Å². The van der Waals surface area contributed by atoms with Gasteiger partial charge in [0.15, 0.2) is 0 Å². The topological polar surface area (TPSA) is 92.7 Å². The second kappa shape index (κ2) is 9.40. The summed E-state index contributed by atoms with van der Waals surface area (Å²) in [4.78, 5) is 33.7. The Morgan fingerprint density at radius 1 is 1.03 bits per heavy atom. The number of aryl methyl sites for hydroxylation is 2. The van der Waals surface area contributed by atoms with E-state index in [0.717, 1.165) is 60.0 Å². The lowest BCUT2D eigenvalue weighted by atomic mass is 10.1. The molecule has 0 unspecified atom stereocenters. The van der Waals surface area contributed by atoms with Crippen molar-refractivity contribution in [3.63, 3.8) is 0 Å². The van der Waals surface area contributed by atoms with E-state index in [4.69, 9.17) is 4.98 Å². The Hall–Kier alpha value is -3.74. The molecule has 7 heteroatoms. The summed E-state index contributed by atoms with van der Waals surface area (Å²) in [5, 5.41) is 7.61. The van der Waals surface area contributed by atoms with Gasteiger partial charge in [0.25, 0.3) is 5.56 Å². The van der Waals surface area contributed by atoms with E-state index in [9.17, 15) is 9.59 Å². The molecule has 33 heavy (non-hydrogen) atoms. The number of hydrogen-bond donors (Lipinski definition) is 2. The van der Waals surface area contributed by atoms with Crippen molar-refractivity contribution in [1.82, 2.24) is 25.1 Å². The van der Waals surface area contributed by atoms with E-state index in [2.05, 4.69) is 15.4 Å². The van der Waals surface area contributed by atoms with Crippen molar-refractivity contribution in [3.8, 4) is 0 Å². The van der Waals surface area contributed by atoms with E-state index in [1.165, 1.54) is 4.68 Å². The van der Waals surface area contributed by atoms with Crippen LogP contribution in [0.1, 0.15) is 47.9 Å². The molecule has 1 atom stereocenters. The summed E-state index contributed by atoms with van der Waals surface area (Å²) in [6.45, 7) is -0.113. The van der Waals surface area contributed by atoms with Gasteiger partial charge in [-0.25, -0.2) is 9.67 Å². The fourth-order valence-electron chi connectivity index (χ4n) is 4.47. The first-order valence-corrected chi connectivity index (χ1v) is 11.5. The Bertz CT molecular complexity index is 1290. The van der Waals surface area contributed by atoms with Crippen molar-refractivity contribution in [3.05, 3.63) is 93.7 Å². The largest absolute Gasteiger partial charge is 0.344 e. The highest BCUT2D eigenvalue weighted by molar-refractivity contribution is 5.77. The number of imidazole rings is 1. The SMILES string of the molecule is O=C(Cn1nc2c(cc1=O)CCCCC2)N[C@H](Cc1ccccc1)c1nc2ccccc2[nH]1. The summed E-state index contributed by atoms with van der Waals surface area (Å²) >= 11 is 0. The lowest BCUT2D eigenvalue weighted by molar-refractivity contribution is -0.122. The molecule has 2 aromatic heterocycles. The maximum absolute atomic E-state index is 13.0. The Kier molecular flexibility index (Phi) is 6.02. The maximum Gasteiger partial charge on any atom is 0.267 e. The molecule has 2 N–H and O–H groups in total. The summed E-state index contributed by atoms with van der Waals surface area (Å²) in [5.74, 6) is 0.426. The van der Waals surface area contributed by atoms with Gasteiger partial charge in [0.1, 0.15) is 12.4 Å². The zero-order valence-electron chi connectivity index (χ0n) is 18.5. The quantitative estimate of drug-likeness (QED) is 0.448. The highest BCUT2D eigenvalue weighted by Gasteiger charge is 2.20. The molecule has 168 valence electrons. The second-order valence-corrected chi connectivity index (χ2v) is 8.62. The van der Waals surface area contributed by atoms with Crippen LogP contribution in [0.15, 0.2) is 65.5 Å². The number of hydrogen-bond acceptors (Lipinski definition) is 4. The molecule has 1 aliphatic carbocycles. The number of amides is 1. The van der Waals surface area contributed by atoms with Crippen LogP contribution in [0, 0.1) is 0 Å². The third-order valence-corrected chi connectivity index (χ3v) is 6.17. The first-order valence-electron chi connectivity index (χ1n) is 11.5. The van der Waals surface area contributed by atoms with Gasteiger partial charge in [-0.3, -0.25) is 9.59 Å². The van der Waals surface area contributed by atoms with Gasteiger partial charge in [0.2, 0.25) is 5.91 Å². The lowest BCUT2D eigenvalue weighted by Crippen LogP contribution is -2.37. The lowest BCUT2D eigenvalue weighted by Gasteiger charge is -2.17. The molecule has 2 heterocycles. The van der Waals surface area contributed by atoms with Gasteiger partial charge in [-0.2, -0.15) is 5.10 Å². The van der Waals surface area contributed by atoms with E-state index < -0.39 is 0 Å². The van der Waals surface area contributed by atoms with Gasteiger partial charge in [0.05, 0.1) is 22.8 Å². The average Bonchev–Trinajstić information content (AvgIpc) is 3.13. The van der Waals surface area contributed by atoms with Crippen LogP contribution in [0.3, 0.4) is 0 Å². The zero-order valence-corrected chi connectivity index (χ0v) is 18.5. The Morgan fingerprint density at radius 2 is 1.82 bits per heavy atom.